The van der Waals surface area contributed by atoms with Crippen LogP contribution in [0.25, 0.3) is 0 Å². The monoisotopic (exact) mass is 229 g/mol. The van der Waals surface area contributed by atoms with Crippen LogP contribution in [-0.4, -0.2) is 15.5 Å². The van der Waals surface area contributed by atoms with Crippen LogP contribution in [-0.2, 0) is 7.05 Å². The maximum Gasteiger partial charge on any atom is 0.273 e. The molecule has 1 aromatic carbocycles. The molecule has 1 amide bonds. The number of nitrogens with one attached hydrogen (secondary N) is 1. The normalized spacial score (nSPS) is 10.3. The van der Waals surface area contributed by atoms with E-state index in [9.17, 15) is 4.79 Å². The number of benzene rings is 1. The number of rotatable bonds is 2. The van der Waals surface area contributed by atoms with E-state index in [4.69, 9.17) is 0 Å². The van der Waals surface area contributed by atoms with Gasteiger partial charge in [-0.2, -0.15) is 0 Å². The van der Waals surface area contributed by atoms with Gasteiger partial charge in [0.15, 0.2) is 0 Å². The molecule has 1 aromatic heterocycles. The van der Waals surface area contributed by atoms with Crippen LogP contribution in [0.1, 0.15) is 21.6 Å². The van der Waals surface area contributed by atoms with Crippen molar-refractivity contribution in [3.05, 3.63) is 47.5 Å². The SMILES string of the molecule is Cc1ccc(C)c(NC(=O)c2cncn2C)c1. The number of amides is 1. The summed E-state index contributed by atoms with van der Waals surface area (Å²) in [6, 6.07) is 5.98. The quantitative estimate of drug-likeness (QED) is 0.858. The summed E-state index contributed by atoms with van der Waals surface area (Å²) < 4.78 is 1.69. The van der Waals surface area contributed by atoms with Crippen molar-refractivity contribution in [3.8, 4) is 0 Å². The number of nitrogens with zero attached hydrogens (tertiary/aromatic N) is 2. The Morgan fingerprint density at radius 1 is 1.35 bits per heavy atom. The fourth-order valence-electron chi connectivity index (χ4n) is 1.63. The van der Waals surface area contributed by atoms with Gasteiger partial charge in [0.2, 0.25) is 0 Å². The molecule has 0 fully saturated rings. The van der Waals surface area contributed by atoms with Crippen LogP contribution in [0, 0.1) is 13.8 Å². The van der Waals surface area contributed by atoms with Crippen molar-refractivity contribution in [2.75, 3.05) is 5.32 Å². The lowest BCUT2D eigenvalue weighted by Gasteiger charge is -2.09. The summed E-state index contributed by atoms with van der Waals surface area (Å²) in [6.45, 7) is 3.97. The van der Waals surface area contributed by atoms with Crippen molar-refractivity contribution >= 4 is 11.6 Å². The van der Waals surface area contributed by atoms with E-state index in [-0.39, 0.29) is 5.91 Å². The summed E-state index contributed by atoms with van der Waals surface area (Å²) in [5.41, 5.74) is 3.56. The first kappa shape index (κ1) is 11.4. The largest absolute Gasteiger partial charge is 0.330 e. The third-order valence-corrected chi connectivity index (χ3v) is 2.69. The Morgan fingerprint density at radius 2 is 2.12 bits per heavy atom. The first-order chi connectivity index (χ1) is 8.08. The van der Waals surface area contributed by atoms with E-state index < -0.39 is 0 Å². The van der Waals surface area contributed by atoms with Gasteiger partial charge in [0.05, 0.1) is 12.5 Å². The number of anilines is 1. The van der Waals surface area contributed by atoms with Gasteiger partial charge in [-0.05, 0) is 31.0 Å². The van der Waals surface area contributed by atoms with Crippen molar-refractivity contribution in [1.29, 1.82) is 0 Å². The van der Waals surface area contributed by atoms with Crippen molar-refractivity contribution in [2.45, 2.75) is 13.8 Å². The second-order valence-electron chi connectivity index (χ2n) is 4.16. The third kappa shape index (κ3) is 2.36. The molecule has 0 unspecified atom stereocenters. The topological polar surface area (TPSA) is 46.9 Å². The molecular weight excluding hydrogens is 214 g/mol. The first-order valence-electron chi connectivity index (χ1n) is 5.43. The summed E-state index contributed by atoms with van der Waals surface area (Å²) in [6.07, 6.45) is 3.17. The van der Waals surface area contributed by atoms with Gasteiger partial charge < -0.3 is 9.88 Å². The zero-order valence-corrected chi connectivity index (χ0v) is 10.2. The molecule has 0 spiro atoms. The lowest BCUT2D eigenvalue weighted by atomic mass is 10.1. The van der Waals surface area contributed by atoms with Crippen LogP contribution >= 0.6 is 0 Å². The van der Waals surface area contributed by atoms with Gasteiger partial charge in [-0.3, -0.25) is 4.79 Å². The van der Waals surface area contributed by atoms with Gasteiger partial charge in [-0.15, -0.1) is 0 Å². The van der Waals surface area contributed by atoms with Crippen LogP contribution in [0.2, 0.25) is 0 Å². The molecule has 0 aliphatic heterocycles. The molecule has 17 heavy (non-hydrogen) atoms. The van der Waals surface area contributed by atoms with E-state index in [1.807, 2.05) is 32.0 Å². The molecule has 0 saturated carbocycles. The number of imidazole rings is 1. The lowest BCUT2D eigenvalue weighted by molar-refractivity contribution is 0.101. The molecule has 4 nitrogen and oxygen atoms in total. The number of carbonyl (C=O) groups excluding carboxylic acids is 1. The molecule has 4 heteroatoms. The Kier molecular flexibility index (Phi) is 2.95. The average molecular weight is 229 g/mol. The van der Waals surface area contributed by atoms with E-state index in [1.54, 1.807) is 24.1 Å². The van der Waals surface area contributed by atoms with Gasteiger partial charge in [-0.25, -0.2) is 4.98 Å². The maximum absolute atomic E-state index is 12.0. The molecule has 2 aromatic rings. The van der Waals surface area contributed by atoms with Gasteiger partial charge in [-0.1, -0.05) is 12.1 Å². The Labute approximate surface area is 100 Å². The van der Waals surface area contributed by atoms with Gasteiger partial charge in [0.1, 0.15) is 5.69 Å². The van der Waals surface area contributed by atoms with Gasteiger partial charge in [0.25, 0.3) is 5.91 Å². The lowest BCUT2D eigenvalue weighted by Crippen LogP contribution is -2.16. The van der Waals surface area contributed by atoms with Gasteiger partial charge >= 0.3 is 0 Å². The van der Waals surface area contributed by atoms with E-state index in [0.29, 0.717) is 5.69 Å². The van der Waals surface area contributed by atoms with Crippen molar-refractivity contribution < 1.29 is 4.79 Å². The van der Waals surface area contributed by atoms with Gasteiger partial charge in [0, 0.05) is 12.7 Å². The average Bonchev–Trinajstić information content (AvgIpc) is 2.70. The second kappa shape index (κ2) is 4.41. The standard InChI is InChI=1S/C13H15N3O/c1-9-4-5-10(2)11(6-9)15-13(17)12-7-14-8-16(12)3/h4-8H,1-3H3,(H,15,17). The Hall–Kier alpha value is -2.10. The highest BCUT2D eigenvalue weighted by Gasteiger charge is 2.10. The van der Waals surface area contributed by atoms with Crippen molar-refractivity contribution in [2.24, 2.45) is 7.05 Å². The summed E-state index contributed by atoms with van der Waals surface area (Å²) in [4.78, 5) is 15.9. The Bertz CT molecular complexity index is 558. The fourth-order valence-corrected chi connectivity index (χ4v) is 1.63. The predicted octanol–water partition coefficient (Wildman–Crippen LogP) is 2.29. The maximum atomic E-state index is 12.0. The zero-order valence-electron chi connectivity index (χ0n) is 10.2. The summed E-state index contributed by atoms with van der Waals surface area (Å²) >= 11 is 0. The summed E-state index contributed by atoms with van der Waals surface area (Å²) in [5, 5.41) is 2.89. The minimum atomic E-state index is -0.140. The molecule has 1 heterocycles. The second-order valence-corrected chi connectivity index (χ2v) is 4.16. The number of aryl methyl sites for hydroxylation is 3. The van der Waals surface area contributed by atoms with Crippen LogP contribution in [0.3, 0.4) is 0 Å². The first-order valence-corrected chi connectivity index (χ1v) is 5.43. The van der Waals surface area contributed by atoms with Crippen LogP contribution in [0.5, 0.6) is 0 Å². The van der Waals surface area contributed by atoms with E-state index in [0.717, 1.165) is 16.8 Å². The number of hydrogen-bond acceptors (Lipinski definition) is 2. The van der Waals surface area contributed by atoms with Crippen LogP contribution in [0.4, 0.5) is 5.69 Å². The van der Waals surface area contributed by atoms with Crippen molar-refractivity contribution in [1.82, 2.24) is 9.55 Å². The minimum absolute atomic E-state index is 0.140. The van der Waals surface area contributed by atoms with E-state index >= 15 is 0 Å². The van der Waals surface area contributed by atoms with Crippen LogP contribution in [0.15, 0.2) is 30.7 Å². The summed E-state index contributed by atoms with van der Waals surface area (Å²) in [7, 11) is 1.80. The molecule has 0 bridgehead atoms. The molecule has 88 valence electrons. The number of aromatic nitrogens is 2. The highest BCUT2D eigenvalue weighted by molar-refractivity contribution is 6.03. The number of carbonyl (C=O) groups is 1. The minimum Gasteiger partial charge on any atom is -0.330 e. The van der Waals surface area contributed by atoms with E-state index in [1.165, 1.54) is 0 Å². The fraction of sp³-hybridized carbons (Fsp3) is 0.231. The molecular formula is C13H15N3O. The summed E-state index contributed by atoms with van der Waals surface area (Å²) in [5.74, 6) is -0.140. The molecule has 1 N–H and O–H groups in total. The molecule has 2 rings (SSSR count). The van der Waals surface area contributed by atoms with E-state index in [2.05, 4.69) is 10.3 Å². The highest BCUT2D eigenvalue weighted by atomic mass is 16.2. The third-order valence-electron chi connectivity index (χ3n) is 2.69. The molecule has 0 aliphatic carbocycles. The van der Waals surface area contributed by atoms with Crippen LogP contribution < -0.4 is 5.32 Å². The molecule has 0 saturated heterocycles. The van der Waals surface area contributed by atoms with Crippen molar-refractivity contribution in [3.63, 3.8) is 0 Å². The Balaban J connectivity index is 2.24. The molecule has 0 atom stereocenters. The number of hydrogen-bond donors (Lipinski definition) is 1. The Morgan fingerprint density at radius 3 is 2.76 bits per heavy atom. The molecule has 0 aliphatic rings. The predicted molar refractivity (Wildman–Crippen MR) is 67.1 cm³/mol. The molecule has 0 radical (unpaired) electrons. The zero-order chi connectivity index (χ0) is 12.4. The smallest absolute Gasteiger partial charge is 0.273 e. The highest BCUT2D eigenvalue weighted by Crippen LogP contribution is 2.17.